The summed E-state index contributed by atoms with van der Waals surface area (Å²) < 4.78 is 1.94. The highest BCUT2D eigenvalue weighted by Crippen LogP contribution is 2.23. The van der Waals surface area contributed by atoms with Crippen molar-refractivity contribution in [1.29, 1.82) is 0 Å². The van der Waals surface area contributed by atoms with Crippen molar-refractivity contribution in [2.45, 2.75) is 19.8 Å². The molecule has 1 atom stereocenters. The number of aryl methyl sites for hydroxylation is 2. The molecule has 1 aliphatic rings. The molecule has 1 saturated heterocycles. The Morgan fingerprint density at radius 3 is 2.89 bits per heavy atom. The number of hydrogen-bond donors (Lipinski definition) is 0. The summed E-state index contributed by atoms with van der Waals surface area (Å²) in [5.74, 6) is 1.21. The van der Waals surface area contributed by atoms with Crippen molar-refractivity contribution in [3.8, 4) is 11.5 Å². The zero-order chi connectivity index (χ0) is 18.8. The Morgan fingerprint density at radius 2 is 2.11 bits per heavy atom. The molecule has 0 N–H and O–H groups in total. The van der Waals surface area contributed by atoms with E-state index >= 15 is 0 Å². The second-order valence-electron chi connectivity index (χ2n) is 6.89. The van der Waals surface area contributed by atoms with Crippen LogP contribution in [0.4, 0.5) is 0 Å². The van der Waals surface area contributed by atoms with Gasteiger partial charge in [0.15, 0.2) is 5.82 Å². The van der Waals surface area contributed by atoms with Crippen LogP contribution in [0.1, 0.15) is 28.2 Å². The van der Waals surface area contributed by atoms with E-state index in [9.17, 15) is 4.79 Å². The smallest absolute Gasteiger partial charge is 0.257 e. The van der Waals surface area contributed by atoms with Crippen molar-refractivity contribution in [2.24, 2.45) is 13.0 Å². The van der Waals surface area contributed by atoms with Gasteiger partial charge in [-0.3, -0.25) is 4.79 Å². The van der Waals surface area contributed by atoms with E-state index in [2.05, 4.69) is 24.9 Å². The Bertz CT molecular complexity index is 968. The van der Waals surface area contributed by atoms with Crippen LogP contribution in [0, 0.1) is 12.8 Å². The zero-order valence-electron chi connectivity index (χ0n) is 15.4. The predicted molar refractivity (Wildman–Crippen MR) is 98.7 cm³/mol. The Hall–Kier alpha value is -3.16. The van der Waals surface area contributed by atoms with Crippen LogP contribution in [-0.4, -0.2) is 53.4 Å². The second kappa shape index (κ2) is 7.22. The number of nitrogens with zero attached hydrogens (tertiary/aromatic N) is 7. The number of rotatable bonds is 4. The molecule has 8 nitrogen and oxygen atoms in total. The molecule has 1 aliphatic heterocycles. The third kappa shape index (κ3) is 3.55. The predicted octanol–water partition coefficient (Wildman–Crippen LogP) is 1.68. The Balaban J connectivity index is 1.44. The molecular formula is C19H21N7O. The van der Waals surface area contributed by atoms with Gasteiger partial charge in [-0.15, -0.1) is 0 Å². The van der Waals surface area contributed by atoms with Gasteiger partial charge in [0.1, 0.15) is 18.3 Å². The van der Waals surface area contributed by atoms with Crippen LogP contribution in [-0.2, 0) is 13.5 Å². The molecule has 27 heavy (non-hydrogen) atoms. The molecule has 4 rings (SSSR count). The largest absolute Gasteiger partial charge is 0.338 e. The maximum atomic E-state index is 12.7. The summed E-state index contributed by atoms with van der Waals surface area (Å²) in [5.41, 5.74) is 3.09. The van der Waals surface area contributed by atoms with Gasteiger partial charge >= 0.3 is 0 Å². The summed E-state index contributed by atoms with van der Waals surface area (Å²) in [7, 11) is 1.94. The van der Waals surface area contributed by atoms with Crippen molar-refractivity contribution >= 4 is 5.91 Å². The molecule has 1 fully saturated rings. The van der Waals surface area contributed by atoms with E-state index in [0.29, 0.717) is 17.2 Å². The number of imidazole rings is 1. The summed E-state index contributed by atoms with van der Waals surface area (Å²) in [6.45, 7) is 3.30. The molecule has 8 heteroatoms. The molecule has 3 aromatic heterocycles. The molecule has 0 saturated carbocycles. The monoisotopic (exact) mass is 363 g/mol. The molecule has 138 valence electrons. The molecule has 0 aromatic carbocycles. The Kier molecular flexibility index (Phi) is 4.62. The van der Waals surface area contributed by atoms with E-state index in [1.54, 1.807) is 18.7 Å². The first-order valence-corrected chi connectivity index (χ1v) is 8.96. The molecule has 3 aromatic rings. The fourth-order valence-corrected chi connectivity index (χ4v) is 3.49. The highest BCUT2D eigenvalue weighted by Gasteiger charge is 2.28. The molecule has 0 bridgehead atoms. The van der Waals surface area contributed by atoms with Crippen LogP contribution >= 0.6 is 0 Å². The van der Waals surface area contributed by atoms with Gasteiger partial charge in [0.25, 0.3) is 5.91 Å². The van der Waals surface area contributed by atoms with Gasteiger partial charge in [-0.05, 0) is 31.7 Å². The number of aromatic nitrogens is 6. The molecule has 0 radical (unpaired) electrons. The van der Waals surface area contributed by atoms with E-state index in [1.807, 2.05) is 35.7 Å². The highest BCUT2D eigenvalue weighted by molar-refractivity contribution is 5.95. The number of carbonyl (C=O) groups excluding carboxylic acids is 1. The standard InChI is InChI=1S/C19H21N7O/c1-13-16(9-20-11-22-13)19(27)26-5-3-14(10-26)7-15-8-17(24-12-23-15)18-21-4-6-25(18)2/h4,6,8-9,11-12,14H,3,5,7,10H2,1-2H3/t14-/m0/s1. The minimum absolute atomic E-state index is 0.00647. The third-order valence-corrected chi connectivity index (χ3v) is 4.99. The first-order valence-electron chi connectivity index (χ1n) is 8.96. The summed E-state index contributed by atoms with van der Waals surface area (Å²) in [6.07, 6.45) is 10.1. The van der Waals surface area contributed by atoms with Crippen LogP contribution in [0.25, 0.3) is 11.5 Å². The number of likely N-dealkylation sites (tertiary alicyclic amines) is 1. The van der Waals surface area contributed by atoms with Crippen LogP contribution in [0.5, 0.6) is 0 Å². The average Bonchev–Trinajstić information content (AvgIpc) is 3.31. The van der Waals surface area contributed by atoms with Gasteiger partial charge in [-0.2, -0.15) is 0 Å². The van der Waals surface area contributed by atoms with E-state index in [-0.39, 0.29) is 5.91 Å². The first-order chi connectivity index (χ1) is 13.1. The van der Waals surface area contributed by atoms with Gasteiger partial charge < -0.3 is 9.47 Å². The van der Waals surface area contributed by atoms with Crippen molar-refractivity contribution in [3.05, 3.63) is 54.3 Å². The van der Waals surface area contributed by atoms with Gasteiger partial charge in [0, 0.05) is 44.4 Å². The first kappa shape index (κ1) is 17.3. The zero-order valence-corrected chi connectivity index (χ0v) is 15.4. The van der Waals surface area contributed by atoms with Gasteiger partial charge in [-0.1, -0.05) is 0 Å². The van der Waals surface area contributed by atoms with E-state index in [4.69, 9.17) is 0 Å². The lowest BCUT2D eigenvalue weighted by atomic mass is 10.0. The van der Waals surface area contributed by atoms with E-state index < -0.39 is 0 Å². The van der Waals surface area contributed by atoms with Crippen LogP contribution in [0.2, 0.25) is 0 Å². The lowest BCUT2D eigenvalue weighted by Crippen LogP contribution is -2.29. The summed E-state index contributed by atoms with van der Waals surface area (Å²) in [4.78, 5) is 35.8. The Labute approximate surface area is 157 Å². The van der Waals surface area contributed by atoms with Crippen LogP contribution < -0.4 is 0 Å². The number of amides is 1. The van der Waals surface area contributed by atoms with Crippen LogP contribution in [0.15, 0.2) is 37.3 Å². The molecule has 1 amide bonds. The summed E-state index contributed by atoms with van der Waals surface area (Å²) in [5, 5.41) is 0. The Morgan fingerprint density at radius 1 is 1.22 bits per heavy atom. The summed E-state index contributed by atoms with van der Waals surface area (Å²) >= 11 is 0. The molecule has 0 aliphatic carbocycles. The highest BCUT2D eigenvalue weighted by atomic mass is 16.2. The number of hydrogen-bond acceptors (Lipinski definition) is 6. The van der Waals surface area contributed by atoms with Crippen LogP contribution in [0.3, 0.4) is 0 Å². The van der Waals surface area contributed by atoms with Crippen molar-refractivity contribution in [3.63, 3.8) is 0 Å². The maximum Gasteiger partial charge on any atom is 0.257 e. The fraction of sp³-hybridized carbons (Fsp3) is 0.368. The maximum absolute atomic E-state index is 12.7. The normalized spacial score (nSPS) is 16.7. The van der Waals surface area contributed by atoms with Crippen molar-refractivity contribution < 1.29 is 4.79 Å². The van der Waals surface area contributed by atoms with Crippen molar-refractivity contribution in [1.82, 2.24) is 34.4 Å². The number of carbonyl (C=O) groups is 1. The third-order valence-electron chi connectivity index (χ3n) is 4.99. The molecule has 4 heterocycles. The van der Waals surface area contributed by atoms with Gasteiger partial charge in [-0.25, -0.2) is 24.9 Å². The van der Waals surface area contributed by atoms with E-state index in [0.717, 1.165) is 43.1 Å². The van der Waals surface area contributed by atoms with Gasteiger partial charge in [0.2, 0.25) is 0 Å². The average molecular weight is 363 g/mol. The molecular weight excluding hydrogens is 342 g/mol. The molecule has 0 unspecified atom stereocenters. The second-order valence-corrected chi connectivity index (χ2v) is 6.89. The minimum Gasteiger partial charge on any atom is -0.338 e. The van der Waals surface area contributed by atoms with Gasteiger partial charge in [0.05, 0.1) is 11.3 Å². The topological polar surface area (TPSA) is 89.7 Å². The fourth-order valence-electron chi connectivity index (χ4n) is 3.49. The summed E-state index contributed by atoms with van der Waals surface area (Å²) in [6, 6.07) is 1.99. The van der Waals surface area contributed by atoms with E-state index in [1.165, 1.54) is 6.33 Å². The lowest BCUT2D eigenvalue weighted by Gasteiger charge is -2.17. The minimum atomic E-state index is 0.00647. The molecule has 0 spiro atoms. The van der Waals surface area contributed by atoms with Crippen molar-refractivity contribution in [2.75, 3.05) is 13.1 Å². The quantitative estimate of drug-likeness (QED) is 0.701. The SMILES string of the molecule is Cc1ncncc1C(=O)N1CC[C@@H](Cc2cc(-c3nccn3C)ncn2)C1. The lowest BCUT2D eigenvalue weighted by molar-refractivity contribution is 0.0785.